The molecule has 0 bridgehead atoms. The lowest BCUT2D eigenvalue weighted by atomic mass is 10.0. The molecule has 3 nitrogen and oxygen atoms in total. The number of hydrogen-bond acceptors (Lipinski definition) is 2. The number of rotatable bonds is 5. The average Bonchev–Trinajstić information content (AvgIpc) is 2.25. The van der Waals surface area contributed by atoms with Crippen LogP contribution < -0.4 is 11.1 Å². The Morgan fingerprint density at radius 1 is 1.44 bits per heavy atom. The van der Waals surface area contributed by atoms with Crippen molar-refractivity contribution >= 4 is 5.91 Å². The summed E-state index contributed by atoms with van der Waals surface area (Å²) in [6, 6.07) is 8.58. The van der Waals surface area contributed by atoms with Gasteiger partial charge >= 0.3 is 0 Å². The van der Waals surface area contributed by atoms with Crippen LogP contribution >= 0.6 is 0 Å². The number of nitrogens with one attached hydrogen (secondary N) is 1. The highest BCUT2D eigenvalue weighted by atomic mass is 16.1. The number of nitrogens with two attached hydrogens (primary N) is 1. The number of carbonyl (C=O) groups is 1. The Labute approximate surface area is 97.0 Å². The molecule has 2 atom stereocenters. The van der Waals surface area contributed by atoms with Crippen molar-refractivity contribution in [2.45, 2.75) is 26.8 Å². The number of benzene rings is 1. The van der Waals surface area contributed by atoms with E-state index in [1.54, 1.807) is 0 Å². The summed E-state index contributed by atoms with van der Waals surface area (Å²) in [5.41, 5.74) is 7.68. The highest BCUT2D eigenvalue weighted by molar-refractivity contribution is 5.76. The molecule has 0 aromatic heterocycles. The molecule has 3 heteroatoms. The predicted octanol–water partition coefficient (Wildman–Crippen LogP) is 1.77. The van der Waals surface area contributed by atoms with Crippen molar-refractivity contribution < 1.29 is 4.79 Å². The predicted molar refractivity (Wildman–Crippen MR) is 66.0 cm³/mol. The first-order valence-corrected chi connectivity index (χ1v) is 5.60. The minimum atomic E-state index is -0.260. The monoisotopic (exact) mass is 220 g/mol. The van der Waals surface area contributed by atoms with E-state index in [4.69, 9.17) is 5.73 Å². The molecule has 1 rings (SSSR count). The van der Waals surface area contributed by atoms with E-state index >= 15 is 0 Å². The normalized spacial score (nSPS) is 14.4. The third-order valence-electron chi connectivity index (χ3n) is 2.76. The molecule has 1 unspecified atom stereocenters. The molecule has 0 aliphatic rings. The van der Waals surface area contributed by atoms with Gasteiger partial charge in [0.05, 0.1) is 0 Å². The Hall–Kier alpha value is -1.35. The summed E-state index contributed by atoms with van der Waals surface area (Å²) < 4.78 is 0. The minimum absolute atomic E-state index is 0.132. The summed E-state index contributed by atoms with van der Waals surface area (Å²) in [5.74, 6) is -0.392. The Morgan fingerprint density at radius 2 is 2.12 bits per heavy atom. The van der Waals surface area contributed by atoms with Crippen molar-refractivity contribution in [3.05, 3.63) is 35.4 Å². The number of amides is 1. The summed E-state index contributed by atoms with van der Waals surface area (Å²) in [7, 11) is 0. The lowest BCUT2D eigenvalue weighted by molar-refractivity contribution is -0.121. The van der Waals surface area contributed by atoms with Crippen LogP contribution in [0.25, 0.3) is 0 Å². The topological polar surface area (TPSA) is 55.1 Å². The van der Waals surface area contributed by atoms with Gasteiger partial charge in [-0.2, -0.15) is 0 Å². The zero-order valence-electron chi connectivity index (χ0n) is 10.2. The number of primary amides is 1. The number of carbonyl (C=O) groups excluding carboxylic acids is 1. The maximum absolute atomic E-state index is 10.9. The van der Waals surface area contributed by atoms with Gasteiger partial charge in [-0.05, 0) is 19.4 Å². The van der Waals surface area contributed by atoms with E-state index in [-0.39, 0.29) is 17.9 Å². The maximum Gasteiger partial charge on any atom is 0.221 e. The molecule has 0 saturated heterocycles. The number of hydrogen-bond donors (Lipinski definition) is 2. The molecule has 16 heavy (non-hydrogen) atoms. The van der Waals surface area contributed by atoms with Crippen molar-refractivity contribution in [1.82, 2.24) is 5.32 Å². The van der Waals surface area contributed by atoms with Crippen LogP contribution in [0.1, 0.15) is 31.0 Å². The van der Waals surface area contributed by atoms with Gasteiger partial charge < -0.3 is 11.1 Å². The van der Waals surface area contributed by atoms with Crippen molar-refractivity contribution in [2.75, 3.05) is 6.54 Å². The SMILES string of the molecule is Cc1cccc([C@H](C)NCC(C)C(N)=O)c1. The van der Waals surface area contributed by atoms with E-state index in [9.17, 15) is 4.79 Å². The van der Waals surface area contributed by atoms with Crippen molar-refractivity contribution in [3.8, 4) is 0 Å². The molecule has 3 N–H and O–H groups in total. The fourth-order valence-corrected chi connectivity index (χ4v) is 1.51. The van der Waals surface area contributed by atoms with Gasteiger partial charge in [0, 0.05) is 18.5 Å². The van der Waals surface area contributed by atoms with Crippen LogP contribution in [0, 0.1) is 12.8 Å². The fraction of sp³-hybridized carbons (Fsp3) is 0.462. The second kappa shape index (κ2) is 5.66. The number of aryl methyl sites for hydroxylation is 1. The van der Waals surface area contributed by atoms with Gasteiger partial charge in [-0.3, -0.25) is 4.79 Å². The highest BCUT2D eigenvalue weighted by Crippen LogP contribution is 2.13. The molecule has 1 aromatic rings. The van der Waals surface area contributed by atoms with E-state index in [1.807, 2.05) is 13.0 Å². The Morgan fingerprint density at radius 3 is 2.69 bits per heavy atom. The summed E-state index contributed by atoms with van der Waals surface area (Å²) >= 11 is 0. The summed E-state index contributed by atoms with van der Waals surface area (Å²) in [4.78, 5) is 10.9. The molecule has 0 spiro atoms. The molecule has 1 amide bonds. The molecule has 0 saturated carbocycles. The van der Waals surface area contributed by atoms with E-state index < -0.39 is 0 Å². The van der Waals surface area contributed by atoms with Gasteiger partial charge in [0.15, 0.2) is 0 Å². The molecular weight excluding hydrogens is 200 g/mol. The first-order valence-electron chi connectivity index (χ1n) is 5.60. The van der Waals surface area contributed by atoms with Gasteiger partial charge in [-0.15, -0.1) is 0 Å². The molecule has 0 aliphatic carbocycles. The quantitative estimate of drug-likeness (QED) is 0.794. The van der Waals surface area contributed by atoms with E-state index in [0.29, 0.717) is 6.54 Å². The van der Waals surface area contributed by atoms with Gasteiger partial charge in [0.1, 0.15) is 0 Å². The molecule has 1 aromatic carbocycles. The summed E-state index contributed by atoms with van der Waals surface area (Å²) in [5, 5.41) is 3.31. The maximum atomic E-state index is 10.9. The molecule has 0 radical (unpaired) electrons. The van der Waals surface area contributed by atoms with Crippen LogP contribution in [0.5, 0.6) is 0 Å². The molecule has 88 valence electrons. The lowest BCUT2D eigenvalue weighted by Crippen LogP contribution is -2.32. The van der Waals surface area contributed by atoms with Crippen LogP contribution in [-0.4, -0.2) is 12.5 Å². The Kier molecular flexibility index (Phi) is 4.50. The van der Waals surface area contributed by atoms with E-state index in [1.165, 1.54) is 11.1 Å². The van der Waals surface area contributed by atoms with Gasteiger partial charge in [0.25, 0.3) is 0 Å². The second-order valence-electron chi connectivity index (χ2n) is 4.35. The lowest BCUT2D eigenvalue weighted by Gasteiger charge is -2.16. The zero-order valence-corrected chi connectivity index (χ0v) is 10.2. The van der Waals surface area contributed by atoms with Crippen LogP contribution in [-0.2, 0) is 4.79 Å². The van der Waals surface area contributed by atoms with Gasteiger partial charge in [-0.25, -0.2) is 0 Å². The fourth-order valence-electron chi connectivity index (χ4n) is 1.51. The third kappa shape index (κ3) is 3.66. The van der Waals surface area contributed by atoms with Crippen LogP contribution in [0.3, 0.4) is 0 Å². The van der Waals surface area contributed by atoms with Crippen molar-refractivity contribution in [3.63, 3.8) is 0 Å². The first-order chi connectivity index (χ1) is 7.50. The minimum Gasteiger partial charge on any atom is -0.369 e. The standard InChI is InChI=1S/C13H20N2O/c1-9-5-4-6-12(7-9)11(3)15-8-10(2)13(14)16/h4-7,10-11,15H,8H2,1-3H3,(H2,14,16)/t10?,11-/m0/s1. The Bertz CT molecular complexity index is 363. The van der Waals surface area contributed by atoms with Crippen LogP contribution in [0.2, 0.25) is 0 Å². The molecule has 0 aliphatic heterocycles. The van der Waals surface area contributed by atoms with Crippen molar-refractivity contribution in [1.29, 1.82) is 0 Å². The average molecular weight is 220 g/mol. The molecule has 0 fully saturated rings. The van der Waals surface area contributed by atoms with Gasteiger partial charge in [0.2, 0.25) is 5.91 Å². The largest absolute Gasteiger partial charge is 0.369 e. The van der Waals surface area contributed by atoms with E-state index in [0.717, 1.165) is 0 Å². The van der Waals surface area contributed by atoms with Crippen LogP contribution in [0.4, 0.5) is 0 Å². The summed E-state index contributed by atoms with van der Waals surface area (Å²) in [6.07, 6.45) is 0. The van der Waals surface area contributed by atoms with Crippen LogP contribution in [0.15, 0.2) is 24.3 Å². The first kappa shape index (κ1) is 12.7. The smallest absolute Gasteiger partial charge is 0.221 e. The third-order valence-corrected chi connectivity index (χ3v) is 2.76. The van der Waals surface area contributed by atoms with E-state index in [2.05, 4.69) is 37.4 Å². The molecule has 0 heterocycles. The second-order valence-corrected chi connectivity index (χ2v) is 4.35. The molecular formula is C13H20N2O. The summed E-state index contributed by atoms with van der Waals surface area (Å²) in [6.45, 7) is 6.60. The Balaban J connectivity index is 2.52. The zero-order chi connectivity index (χ0) is 12.1. The van der Waals surface area contributed by atoms with Crippen molar-refractivity contribution in [2.24, 2.45) is 11.7 Å². The van der Waals surface area contributed by atoms with Gasteiger partial charge in [-0.1, -0.05) is 36.8 Å². The highest BCUT2D eigenvalue weighted by Gasteiger charge is 2.11.